The predicted molar refractivity (Wildman–Crippen MR) is 180 cm³/mol. The Morgan fingerprint density at radius 2 is 1.66 bits per heavy atom. The number of rotatable bonds is 7. The average molecular weight is 682 g/mol. The monoisotopic (exact) mass is 681 g/mol. The third-order valence-corrected chi connectivity index (χ3v) is 10.1. The second-order valence-electron chi connectivity index (χ2n) is 12.1. The van der Waals surface area contributed by atoms with Crippen LogP contribution in [0.3, 0.4) is 0 Å². The molecule has 0 aliphatic carbocycles. The number of hydrogen-bond donors (Lipinski definition) is 3. The summed E-state index contributed by atoms with van der Waals surface area (Å²) in [6.07, 6.45) is 1.93. The maximum absolute atomic E-state index is 13.6. The van der Waals surface area contributed by atoms with Gasteiger partial charge in [-0.05, 0) is 37.3 Å². The molecule has 2 aliphatic rings. The van der Waals surface area contributed by atoms with Gasteiger partial charge in [-0.25, -0.2) is 9.97 Å². The number of ether oxygens (including phenoxy) is 1. The Hall–Kier alpha value is -3.72. The largest absolute Gasteiger partial charge is 0.379 e. The Morgan fingerprint density at radius 1 is 0.957 bits per heavy atom. The van der Waals surface area contributed by atoms with Crippen molar-refractivity contribution in [2.24, 2.45) is 5.92 Å². The third-order valence-electron chi connectivity index (χ3n) is 8.19. The van der Waals surface area contributed by atoms with Gasteiger partial charge in [0.1, 0.15) is 21.4 Å². The Kier molecular flexibility index (Phi) is 12.4. The van der Waals surface area contributed by atoms with Crippen LogP contribution in [0.15, 0.2) is 41.1 Å². The lowest BCUT2D eigenvalue weighted by Crippen LogP contribution is -2.43. The van der Waals surface area contributed by atoms with E-state index in [9.17, 15) is 19.2 Å². The van der Waals surface area contributed by atoms with Crippen molar-refractivity contribution in [1.82, 2.24) is 35.7 Å². The second-order valence-corrected chi connectivity index (χ2v) is 13.9. The molecular weight excluding hydrogens is 639 g/mol. The minimum Gasteiger partial charge on any atom is -0.379 e. The van der Waals surface area contributed by atoms with Crippen LogP contribution in [-0.4, -0.2) is 95.9 Å². The van der Waals surface area contributed by atoms with E-state index in [4.69, 9.17) is 4.74 Å². The maximum atomic E-state index is 13.6. The Labute approximate surface area is 283 Å². The smallest absolute Gasteiger partial charge is 0.271 e. The van der Waals surface area contributed by atoms with Crippen LogP contribution in [0, 0.1) is 5.92 Å². The Balaban J connectivity index is 1.37. The number of nitrogens with one attached hydrogen (secondary N) is 3. The van der Waals surface area contributed by atoms with Crippen molar-refractivity contribution in [3.05, 3.63) is 68.1 Å². The normalized spacial score (nSPS) is 20.5. The number of aromatic nitrogens is 2. The molecule has 5 rings (SSSR count). The zero-order valence-electron chi connectivity index (χ0n) is 26.9. The number of hydrogen-bond acceptors (Lipinski definition) is 10. The highest BCUT2D eigenvalue weighted by molar-refractivity contribution is 7.10. The zero-order valence-corrected chi connectivity index (χ0v) is 28.5. The number of morpholine rings is 1. The first-order valence-corrected chi connectivity index (χ1v) is 17.9. The van der Waals surface area contributed by atoms with Crippen LogP contribution >= 0.6 is 22.7 Å². The van der Waals surface area contributed by atoms with Crippen molar-refractivity contribution in [3.63, 3.8) is 0 Å². The zero-order chi connectivity index (χ0) is 33.2. The van der Waals surface area contributed by atoms with Crippen molar-refractivity contribution in [2.75, 3.05) is 52.5 Å². The van der Waals surface area contributed by atoms with Crippen molar-refractivity contribution in [3.8, 4) is 0 Å². The van der Waals surface area contributed by atoms with Gasteiger partial charge in [-0.1, -0.05) is 44.2 Å². The lowest BCUT2D eigenvalue weighted by Gasteiger charge is -2.27. The number of amides is 4. The van der Waals surface area contributed by atoms with Crippen molar-refractivity contribution in [2.45, 2.75) is 51.6 Å². The van der Waals surface area contributed by atoms with E-state index in [-0.39, 0.29) is 47.5 Å². The predicted octanol–water partition coefficient (Wildman–Crippen LogP) is 3.20. The minimum absolute atomic E-state index is 0.00994. The fraction of sp³-hybridized carbons (Fsp3) is 0.515. The molecule has 2 aromatic heterocycles. The quantitative estimate of drug-likeness (QED) is 0.345. The Morgan fingerprint density at radius 3 is 2.40 bits per heavy atom. The van der Waals surface area contributed by atoms with Crippen molar-refractivity contribution < 1.29 is 23.9 Å². The molecule has 4 heterocycles. The van der Waals surface area contributed by atoms with Gasteiger partial charge in [0.2, 0.25) is 11.8 Å². The topological polar surface area (TPSA) is 146 Å². The van der Waals surface area contributed by atoms with Gasteiger partial charge in [-0.15, -0.1) is 22.7 Å². The summed E-state index contributed by atoms with van der Waals surface area (Å²) in [5.41, 5.74) is 1.52. The first-order chi connectivity index (χ1) is 22.8. The lowest BCUT2D eigenvalue weighted by atomic mass is 10.0. The molecule has 2 aliphatic heterocycles. The Bertz CT molecular complexity index is 1510. The number of carbonyl (C=O) groups excluding carboxylic acids is 4. The number of thiazole rings is 2. The summed E-state index contributed by atoms with van der Waals surface area (Å²) in [4.78, 5) is 66.4. The maximum Gasteiger partial charge on any atom is 0.271 e. The number of fused-ring (bicyclic) bond motifs is 4. The summed E-state index contributed by atoms with van der Waals surface area (Å²) in [6.45, 7) is 8.34. The summed E-state index contributed by atoms with van der Waals surface area (Å²) in [5.74, 6) is -1.10. The molecule has 1 fully saturated rings. The second kappa shape index (κ2) is 16.9. The van der Waals surface area contributed by atoms with Crippen LogP contribution < -0.4 is 16.0 Å². The highest BCUT2D eigenvalue weighted by Crippen LogP contribution is 2.27. The molecule has 3 aromatic rings. The van der Waals surface area contributed by atoms with E-state index in [1.807, 2.05) is 44.2 Å². The molecule has 1 aromatic carbocycles. The molecular formula is C33H43N7O5S2. The summed E-state index contributed by atoms with van der Waals surface area (Å²) >= 11 is 2.64. The standard InChI is InChI=1S/C33H43N7O5S2/c1-22(2)29-33-37-25(20-47-33)30(43)34-11-7-13-40(28(42)10-6-12-39-14-16-45-17-15-39)19-27(41)35-24(18-23-8-4-3-5-9-23)32-36-26(21-46-32)31(44)38-29/h3-5,8-9,20-22,24,29H,6-7,10-19H2,1-2H3,(H,34,43)(H,35,41)(H,38,44)/t24-,29-/m0/s1. The van der Waals surface area contributed by atoms with E-state index in [2.05, 4.69) is 30.8 Å². The highest BCUT2D eigenvalue weighted by atomic mass is 32.1. The molecule has 4 amide bonds. The number of carbonyl (C=O) groups is 4. The van der Waals surface area contributed by atoms with Gasteiger partial charge in [0.05, 0.1) is 31.8 Å². The molecule has 12 nitrogen and oxygen atoms in total. The summed E-state index contributed by atoms with van der Waals surface area (Å²) in [7, 11) is 0. The molecule has 0 saturated carbocycles. The van der Waals surface area contributed by atoms with Gasteiger partial charge in [-0.3, -0.25) is 24.1 Å². The van der Waals surface area contributed by atoms with Gasteiger partial charge in [0, 0.05) is 43.4 Å². The lowest BCUT2D eigenvalue weighted by molar-refractivity contribution is -0.136. The third kappa shape index (κ3) is 9.89. The molecule has 14 heteroatoms. The SMILES string of the molecule is CC(C)[C@@H]1NC(=O)c2csc(n2)[C@H](Cc2ccccc2)NC(=O)CN(C(=O)CCCN2CCOCC2)CCCNC(=O)c2csc1n2. The number of benzene rings is 1. The molecule has 3 N–H and O–H groups in total. The van der Waals surface area contributed by atoms with E-state index in [0.717, 1.165) is 25.2 Å². The van der Waals surface area contributed by atoms with Gasteiger partial charge in [0.25, 0.3) is 11.8 Å². The van der Waals surface area contributed by atoms with Crippen molar-refractivity contribution >= 4 is 46.3 Å². The highest BCUT2D eigenvalue weighted by Gasteiger charge is 2.27. The van der Waals surface area contributed by atoms with Gasteiger partial charge >= 0.3 is 0 Å². The molecule has 2 atom stereocenters. The van der Waals surface area contributed by atoms with E-state index >= 15 is 0 Å². The van der Waals surface area contributed by atoms with Crippen molar-refractivity contribution in [1.29, 1.82) is 0 Å². The van der Waals surface area contributed by atoms with Crippen LogP contribution in [0.1, 0.15) is 81.7 Å². The summed E-state index contributed by atoms with van der Waals surface area (Å²) in [6, 6.07) is 8.86. The van der Waals surface area contributed by atoms with Gasteiger partial charge in [-0.2, -0.15) is 0 Å². The van der Waals surface area contributed by atoms with E-state index in [1.54, 1.807) is 15.7 Å². The summed E-state index contributed by atoms with van der Waals surface area (Å²) in [5, 5.41) is 13.6. The summed E-state index contributed by atoms with van der Waals surface area (Å²) < 4.78 is 5.42. The number of nitrogens with zero attached hydrogens (tertiary/aromatic N) is 4. The first kappa shape index (κ1) is 34.6. The van der Waals surface area contributed by atoms with Gasteiger partial charge < -0.3 is 25.6 Å². The molecule has 252 valence electrons. The molecule has 4 bridgehead atoms. The molecule has 1 saturated heterocycles. The molecule has 47 heavy (non-hydrogen) atoms. The molecule has 0 spiro atoms. The van der Waals surface area contributed by atoms with E-state index in [1.165, 1.54) is 22.7 Å². The van der Waals surface area contributed by atoms with Crippen LogP contribution in [0.2, 0.25) is 0 Å². The molecule has 0 radical (unpaired) electrons. The minimum atomic E-state index is -0.501. The first-order valence-electron chi connectivity index (χ1n) is 16.2. The van der Waals surface area contributed by atoms with Crippen LogP contribution in [0.25, 0.3) is 0 Å². The molecule has 0 unspecified atom stereocenters. The van der Waals surface area contributed by atoms with E-state index in [0.29, 0.717) is 62.0 Å². The van der Waals surface area contributed by atoms with Crippen LogP contribution in [-0.2, 0) is 20.7 Å². The fourth-order valence-corrected chi connectivity index (χ4v) is 7.44. The van der Waals surface area contributed by atoms with Gasteiger partial charge in [0.15, 0.2) is 0 Å². The van der Waals surface area contributed by atoms with Crippen LogP contribution in [0.4, 0.5) is 0 Å². The van der Waals surface area contributed by atoms with Crippen LogP contribution in [0.5, 0.6) is 0 Å². The van der Waals surface area contributed by atoms with E-state index < -0.39 is 12.1 Å². The fourth-order valence-electron chi connectivity index (χ4n) is 5.57. The average Bonchev–Trinajstić information content (AvgIpc) is 3.76.